The molecule has 0 unspecified atom stereocenters. The van der Waals surface area contributed by atoms with Crippen molar-refractivity contribution in [3.05, 3.63) is 48.2 Å². The summed E-state index contributed by atoms with van der Waals surface area (Å²) in [4.78, 5) is 20.2. The van der Waals surface area contributed by atoms with Crippen LogP contribution in [-0.2, 0) is 11.0 Å². The van der Waals surface area contributed by atoms with Gasteiger partial charge in [-0.1, -0.05) is 12.1 Å². The lowest BCUT2D eigenvalue weighted by Crippen LogP contribution is -2.54. The van der Waals surface area contributed by atoms with Crippen LogP contribution >= 0.6 is 0 Å². The molecule has 0 saturated carbocycles. The zero-order chi connectivity index (χ0) is 19.7. The second-order valence-corrected chi connectivity index (χ2v) is 6.58. The van der Waals surface area contributed by atoms with Gasteiger partial charge in [0, 0.05) is 32.4 Å². The van der Waals surface area contributed by atoms with Gasteiger partial charge in [0.05, 0.1) is 5.56 Å². The van der Waals surface area contributed by atoms with Crippen LogP contribution in [0, 0.1) is 0 Å². The number of rotatable bonds is 2. The number of hydrogen-bond acceptors (Lipinski definition) is 5. The Morgan fingerprint density at radius 3 is 2.39 bits per heavy atom. The summed E-state index contributed by atoms with van der Waals surface area (Å²) in [5, 5.41) is 0. The maximum absolute atomic E-state index is 12.7. The van der Waals surface area contributed by atoms with Crippen molar-refractivity contribution in [3.63, 3.8) is 0 Å². The van der Waals surface area contributed by atoms with Gasteiger partial charge < -0.3 is 19.3 Å². The number of aromatic nitrogens is 1. The molecule has 0 N–H and O–H groups in total. The Kier molecular flexibility index (Phi) is 4.74. The SMILES string of the molecule is O=C([C@H]1COc2ccccc2O1)N1CCN(c2ccc(C(F)(F)F)cn2)CC1. The quantitative estimate of drug-likeness (QED) is 0.785. The molecule has 1 atom stereocenters. The minimum absolute atomic E-state index is 0.149. The van der Waals surface area contributed by atoms with Crippen LogP contribution in [0.5, 0.6) is 11.5 Å². The number of anilines is 1. The molecule has 2 aromatic rings. The van der Waals surface area contributed by atoms with Crippen LogP contribution in [0.15, 0.2) is 42.6 Å². The number of hydrogen-bond donors (Lipinski definition) is 0. The highest BCUT2D eigenvalue weighted by Crippen LogP contribution is 2.32. The van der Waals surface area contributed by atoms with Crippen LogP contribution in [0.1, 0.15) is 5.56 Å². The number of nitrogens with zero attached hydrogens (tertiary/aromatic N) is 3. The number of piperazine rings is 1. The first-order chi connectivity index (χ1) is 13.4. The normalized spacial score (nSPS) is 19.5. The van der Waals surface area contributed by atoms with E-state index < -0.39 is 17.8 Å². The van der Waals surface area contributed by atoms with E-state index >= 15 is 0 Å². The number of fused-ring (bicyclic) bond motifs is 1. The highest BCUT2D eigenvalue weighted by molar-refractivity contribution is 5.82. The molecule has 1 aromatic heterocycles. The fourth-order valence-corrected chi connectivity index (χ4v) is 3.24. The fourth-order valence-electron chi connectivity index (χ4n) is 3.24. The molecule has 6 nitrogen and oxygen atoms in total. The molecule has 3 heterocycles. The Balaban J connectivity index is 1.35. The van der Waals surface area contributed by atoms with Crippen molar-refractivity contribution in [1.82, 2.24) is 9.88 Å². The van der Waals surface area contributed by atoms with Gasteiger partial charge in [0.25, 0.3) is 5.91 Å². The van der Waals surface area contributed by atoms with Crippen LogP contribution in [0.4, 0.5) is 19.0 Å². The molecule has 0 bridgehead atoms. The van der Waals surface area contributed by atoms with E-state index in [0.29, 0.717) is 43.5 Å². The predicted molar refractivity (Wildman–Crippen MR) is 94.4 cm³/mol. The van der Waals surface area contributed by atoms with Crippen LogP contribution in [0.3, 0.4) is 0 Å². The molecular weight excluding hydrogens is 375 g/mol. The predicted octanol–water partition coefficient (Wildman–Crippen LogP) is 2.59. The second-order valence-electron chi connectivity index (χ2n) is 6.58. The first-order valence-electron chi connectivity index (χ1n) is 8.87. The average Bonchev–Trinajstić information content (AvgIpc) is 2.72. The van der Waals surface area contributed by atoms with E-state index in [1.54, 1.807) is 17.0 Å². The molecule has 1 aromatic carbocycles. The van der Waals surface area contributed by atoms with Gasteiger partial charge in [-0.2, -0.15) is 13.2 Å². The molecule has 0 radical (unpaired) electrons. The van der Waals surface area contributed by atoms with Crippen LogP contribution in [0.2, 0.25) is 0 Å². The summed E-state index contributed by atoms with van der Waals surface area (Å²) in [6.45, 7) is 1.98. The van der Waals surface area contributed by atoms with Gasteiger partial charge in [0.2, 0.25) is 6.10 Å². The molecule has 28 heavy (non-hydrogen) atoms. The van der Waals surface area contributed by atoms with Crippen LogP contribution in [0.25, 0.3) is 0 Å². The third-order valence-corrected chi connectivity index (χ3v) is 4.77. The summed E-state index contributed by atoms with van der Waals surface area (Å²) in [5.74, 6) is 1.46. The van der Waals surface area contributed by atoms with Crippen LogP contribution < -0.4 is 14.4 Å². The maximum Gasteiger partial charge on any atom is 0.417 e. The molecule has 1 fully saturated rings. The number of pyridine rings is 1. The van der Waals surface area contributed by atoms with Crippen LogP contribution in [-0.4, -0.2) is 54.7 Å². The largest absolute Gasteiger partial charge is 0.485 e. The molecule has 0 spiro atoms. The number of ether oxygens (including phenoxy) is 2. The van der Waals surface area contributed by atoms with Gasteiger partial charge in [-0.3, -0.25) is 4.79 Å². The lowest BCUT2D eigenvalue weighted by Gasteiger charge is -2.37. The zero-order valence-electron chi connectivity index (χ0n) is 14.9. The number of halogens is 3. The second kappa shape index (κ2) is 7.21. The molecule has 9 heteroatoms. The number of carbonyl (C=O) groups excluding carboxylic acids is 1. The number of alkyl halides is 3. The number of benzene rings is 1. The molecule has 2 aliphatic rings. The van der Waals surface area contributed by atoms with Gasteiger partial charge in [-0.05, 0) is 24.3 Å². The Hall–Kier alpha value is -2.97. The lowest BCUT2D eigenvalue weighted by atomic mass is 10.2. The Morgan fingerprint density at radius 1 is 1.04 bits per heavy atom. The van der Waals surface area contributed by atoms with E-state index in [1.807, 2.05) is 17.0 Å². The van der Waals surface area contributed by atoms with Gasteiger partial charge in [-0.25, -0.2) is 4.98 Å². The Labute approximate surface area is 159 Å². The summed E-state index contributed by atoms with van der Waals surface area (Å²) in [5.41, 5.74) is -0.778. The summed E-state index contributed by atoms with van der Waals surface area (Å²) in [6.07, 6.45) is -4.28. The third-order valence-electron chi connectivity index (χ3n) is 4.77. The van der Waals surface area contributed by atoms with Crippen molar-refractivity contribution in [2.24, 2.45) is 0 Å². The van der Waals surface area contributed by atoms with Crippen molar-refractivity contribution in [3.8, 4) is 11.5 Å². The van der Waals surface area contributed by atoms with E-state index in [9.17, 15) is 18.0 Å². The summed E-state index contributed by atoms with van der Waals surface area (Å²) >= 11 is 0. The topological polar surface area (TPSA) is 54.9 Å². The number of para-hydroxylation sites is 2. The Morgan fingerprint density at radius 2 is 1.75 bits per heavy atom. The molecule has 4 rings (SSSR count). The van der Waals surface area contributed by atoms with E-state index in [-0.39, 0.29) is 12.5 Å². The zero-order valence-corrected chi connectivity index (χ0v) is 14.9. The molecule has 148 valence electrons. The van der Waals surface area contributed by atoms with E-state index in [4.69, 9.17) is 9.47 Å². The Bertz CT molecular complexity index is 849. The summed E-state index contributed by atoms with van der Waals surface area (Å²) < 4.78 is 49.3. The lowest BCUT2D eigenvalue weighted by molar-refractivity contribution is -0.141. The van der Waals surface area contributed by atoms with Gasteiger partial charge in [-0.15, -0.1) is 0 Å². The van der Waals surface area contributed by atoms with E-state index in [0.717, 1.165) is 12.3 Å². The minimum Gasteiger partial charge on any atom is -0.485 e. The van der Waals surface area contributed by atoms with E-state index in [2.05, 4.69) is 4.98 Å². The molecule has 0 aliphatic carbocycles. The standard InChI is InChI=1S/C19H18F3N3O3/c20-19(21,22)13-5-6-17(23-11-13)24-7-9-25(10-8-24)18(26)16-12-27-14-3-1-2-4-15(14)28-16/h1-6,11,16H,7-10,12H2/t16-/m1/s1. The van der Waals surface area contributed by atoms with Crippen molar-refractivity contribution >= 4 is 11.7 Å². The first kappa shape index (κ1) is 18.4. The molecule has 1 saturated heterocycles. The first-order valence-corrected chi connectivity index (χ1v) is 8.87. The van der Waals surface area contributed by atoms with Gasteiger partial charge >= 0.3 is 6.18 Å². The molecular formula is C19H18F3N3O3. The molecule has 2 aliphatic heterocycles. The van der Waals surface area contributed by atoms with E-state index in [1.165, 1.54) is 6.07 Å². The van der Waals surface area contributed by atoms with Gasteiger partial charge in [0.15, 0.2) is 11.5 Å². The third kappa shape index (κ3) is 3.69. The highest BCUT2D eigenvalue weighted by Gasteiger charge is 2.33. The monoisotopic (exact) mass is 393 g/mol. The minimum atomic E-state index is -4.41. The van der Waals surface area contributed by atoms with Gasteiger partial charge in [0.1, 0.15) is 12.4 Å². The summed E-state index contributed by atoms with van der Waals surface area (Å²) in [7, 11) is 0. The number of carbonyl (C=O) groups is 1. The maximum atomic E-state index is 12.7. The van der Waals surface area contributed by atoms with Crippen molar-refractivity contribution in [2.75, 3.05) is 37.7 Å². The van der Waals surface area contributed by atoms with Crippen molar-refractivity contribution in [2.45, 2.75) is 12.3 Å². The smallest absolute Gasteiger partial charge is 0.417 e. The van der Waals surface area contributed by atoms with Crippen molar-refractivity contribution < 1.29 is 27.4 Å². The number of amides is 1. The fraction of sp³-hybridized carbons (Fsp3) is 0.368. The molecule has 1 amide bonds. The van der Waals surface area contributed by atoms with Crippen molar-refractivity contribution in [1.29, 1.82) is 0 Å². The summed E-state index contributed by atoms with van der Waals surface area (Å²) in [6, 6.07) is 9.55. The average molecular weight is 393 g/mol. The highest BCUT2D eigenvalue weighted by atomic mass is 19.4.